The van der Waals surface area contributed by atoms with Crippen LogP contribution in [0.5, 0.6) is 0 Å². The number of hydrogen-bond donors (Lipinski definition) is 0. The second-order valence-corrected chi connectivity index (χ2v) is 16.1. The fourth-order valence-electron chi connectivity index (χ4n) is 4.29. The molecule has 2 aromatic carbocycles. The van der Waals surface area contributed by atoms with Gasteiger partial charge in [-0.2, -0.15) is 0 Å². The molecule has 38 heavy (non-hydrogen) atoms. The first-order valence-corrected chi connectivity index (χ1v) is 19.7. The SMILES string of the molecule is CCO[Si](Cc1cc(C)ccc1SSc1ccc(C)cc1C[Si](OCC)(OCC)OCC)(OCC)OCC. The molecule has 2 rings (SSSR count). The van der Waals surface area contributed by atoms with Crippen molar-refractivity contribution in [2.75, 3.05) is 39.6 Å². The molecule has 0 N–H and O–H groups in total. The molecule has 0 bridgehead atoms. The van der Waals surface area contributed by atoms with Gasteiger partial charge in [0.25, 0.3) is 0 Å². The van der Waals surface area contributed by atoms with Crippen LogP contribution in [0.2, 0.25) is 0 Å². The second kappa shape index (κ2) is 17.2. The lowest BCUT2D eigenvalue weighted by Gasteiger charge is -2.29. The standard InChI is InChI=1S/C28H46O6S2Si2/c1-9-29-37(30-10-2,31-11-3)21-25-19-23(7)15-17-27(25)35-36-28-18-16-24(8)20-26(28)22-38(32-12-4,33-13-5)34-14-6/h15-20H,9-14,21-22H2,1-8H3. The molecule has 0 amide bonds. The fraction of sp³-hybridized carbons (Fsp3) is 0.571. The van der Waals surface area contributed by atoms with Gasteiger partial charge in [0.2, 0.25) is 0 Å². The summed E-state index contributed by atoms with van der Waals surface area (Å²) in [5.41, 5.74) is 4.80. The van der Waals surface area contributed by atoms with Crippen molar-refractivity contribution in [2.24, 2.45) is 0 Å². The molecule has 2 aromatic rings. The van der Waals surface area contributed by atoms with Crippen LogP contribution in [0.4, 0.5) is 0 Å². The maximum atomic E-state index is 6.17. The maximum Gasteiger partial charge on any atom is 0.505 e. The third-order valence-electron chi connectivity index (χ3n) is 5.65. The highest BCUT2D eigenvalue weighted by atomic mass is 33.1. The molecule has 0 fully saturated rings. The minimum absolute atomic E-state index is 0.563. The van der Waals surface area contributed by atoms with Crippen LogP contribution >= 0.6 is 21.6 Å². The first-order chi connectivity index (χ1) is 18.3. The van der Waals surface area contributed by atoms with Gasteiger partial charge in [-0.05, 0) is 78.6 Å². The van der Waals surface area contributed by atoms with Gasteiger partial charge in [0.05, 0.1) is 0 Å². The zero-order valence-electron chi connectivity index (χ0n) is 24.4. The van der Waals surface area contributed by atoms with Crippen LogP contribution in [0, 0.1) is 13.8 Å². The molecule has 0 aromatic heterocycles. The summed E-state index contributed by atoms with van der Waals surface area (Å²) in [6, 6.07) is 14.4. The molecular formula is C28H46O6S2Si2. The number of rotatable bonds is 19. The van der Waals surface area contributed by atoms with Crippen molar-refractivity contribution in [1.29, 1.82) is 0 Å². The molecule has 214 valence electrons. The van der Waals surface area contributed by atoms with Crippen molar-refractivity contribution in [3.8, 4) is 0 Å². The predicted octanol–water partition coefficient (Wildman–Crippen LogP) is 7.36. The minimum atomic E-state index is -2.84. The average molecular weight is 599 g/mol. The lowest BCUT2D eigenvalue weighted by molar-refractivity contribution is 0.0694. The fourth-order valence-corrected chi connectivity index (χ4v) is 12.2. The molecule has 0 aliphatic heterocycles. The minimum Gasteiger partial charge on any atom is -0.374 e. The van der Waals surface area contributed by atoms with Gasteiger partial charge in [-0.3, -0.25) is 0 Å². The van der Waals surface area contributed by atoms with E-state index in [9.17, 15) is 0 Å². The van der Waals surface area contributed by atoms with E-state index in [2.05, 4.69) is 50.2 Å². The van der Waals surface area contributed by atoms with E-state index in [1.54, 1.807) is 21.6 Å². The Hall–Kier alpha value is -0.666. The Morgan fingerprint density at radius 2 is 0.789 bits per heavy atom. The molecule has 10 heteroatoms. The second-order valence-electron chi connectivity index (χ2n) is 8.71. The van der Waals surface area contributed by atoms with Gasteiger partial charge in [0.1, 0.15) is 0 Å². The molecule has 0 saturated carbocycles. The molecule has 6 nitrogen and oxygen atoms in total. The van der Waals surface area contributed by atoms with E-state index in [-0.39, 0.29) is 0 Å². The van der Waals surface area contributed by atoms with E-state index in [1.807, 2.05) is 41.5 Å². The van der Waals surface area contributed by atoms with E-state index < -0.39 is 17.6 Å². The third-order valence-corrected chi connectivity index (χ3v) is 14.2. The Morgan fingerprint density at radius 3 is 1.05 bits per heavy atom. The molecule has 0 unspecified atom stereocenters. The number of hydrogen-bond acceptors (Lipinski definition) is 8. The first kappa shape index (κ1) is 33.5. The molecule has 0 heterocycles. The predicted molar refractivity (Wildman–Crippen MR) is 163 cm³/mol. The van der Waals surface area contributed by atoms with Crippen molar-refractivity contribution in [1.82, 2.24) is 0 Å². The highest BCUT2D eigenvalue weighted by Crippen LogP contribution is 2.42. The third kappa shape index (κ3) is 10.1. The number of aryl methyl sites for hydroxylation is 2. The van der Waals surface area contributed by atoms with Crippen LogP contribution in [0.25, 0.3) is 0 Å². The summed E-state index contributed by atoms with van der Waals surface area (Å²) in [6.07, 6.45) is 0. The van der Waals surface area contributed by atoms with Gasteiger partial charge < -0.3 is 26.6 Å². The number of benzene rings is 2. The topological polar surface area (TPSA) is 55.4 Å². The van der Waals surface area contributed by atoms with Crippen LogP contribution in [0.3, 0.4) is 0 Å². The Morgan fingerprint density at radius 1 is 0.500 bits per heavy atom. The van der Waals surface area contributed by atoms with Crippen LogP contribution in [0.1, 0.15) is 63.8 Å². The Kier molecular flexibility index (Phi) is 15.2. The monoisotopic (exact) mass is 598 g/mol. The summed E-state index contributed by atoms with van der Waals surface area (Å²) in [5.74, 6) is 0. The van der Waals surface area contributed by atoms with Crippen molar-refractivity contribution in [2.45, 2.75) is 77.3 Å². The molecular weight excluding hydrogens is 553 g/mol. The summed E-state index contributed by atoms with van der Waals surface area (Å²) in [4.78, 5) is 2.37. The van der Waals surface area contributed by atoms with Crippen molar-refractivity contribution in [3.05, 3.63) is 58.7 Å². The highest BCUT2D eigenvalue weighted by molar-refractivity contribution is 8.76. The van der Waals surface area contributed by atoms with Gasteiger partial charge in [0.15, 0.2) is 0 Å². The van der Waals surface area contributed by atoms with E-state index in [4.69, 9.17) is 26.6 Å². The molecule has 0 atom stereocenters. The van der Waals surface area contributed by atoms with Crippen molar-refractivity contribution in [3.63, 3.8) is 0 Å². The maximum absolute atomic E-state index is 6.17. The largest absolute Gasteiger partial charge is 0.505 e. The Labute approximate surface area is 240 Å². The van der Waals surface area contributed by atoms with E-state index in [0.29, 0.717) is 51.7 Å². The Balaban J connectivity index is 2.37. The van der Waals surface area contributed by atoms with Gasteiger partial charge in [-0.1, -0.05) is 57.0 Å². The van der Waals surface area contributed by atoms with Crippen LogP contribution in [0.15, 0.2) is 46.2 Å². The molecule has 0 aliphatic rings. The van der Waals surface area contributed by atoms with Crippen LogP contribution in [-0.4, -0.2) is 57.3 Å². The summed E-state index contributed by atoms with van der Waals surface area (Å²) in [5, 5.41) is 0. The summed E-state index contributed by atoms with van der Waals surface area (Å²) < 4.78 is 37.0. The summed E-state index contributed by atoms with van der Waals surface area (Å²) in [6.45, 7) is 19.6. The lowest BCUT2D eigenvalue weighted by Crippen LogP contribution is -2.48. The van der Waals surface area contributed by atoms with Gasteiger partial charge in [0, 0.05) is 61.5 Å². The molecule has 0 radical (unpaired) electrons. The molecule has 0 saturated heterocycles. The van der Waals surface area contributed by atoms with Gasteiger partial charge >= 0.3 is 17.6 Å². The van der Waals surface area contributed by atoms with Crippen LogP contribution in [-0.2, 0) is 38.6 Å². The van der Waals surface area contributed by atoms with Gasteiger partial charge in [-0.25, -0.2) is 0 Å². The lowest BCUT2D eigenvalue weighted by atomic mass is 10.2. The summed E-state index contributed by atoms with van der Waals surface area (Å²) in [7, 11) is -2.18. The van der Waals surface area contributed by atoms with E-state index >= 15 is 0 Å². The van der Waals surface area contributed by atoms with Crippen LogP contribution < -0.4 is 0 Å². The molecule has 0 spiro atoms. The van der Waals surface area contributed by atoms with E-state index in [1.165, 1.54) is 32.0 Å². The quantitative estimate of drug-likeness (QED) is 0.123. The zero-order chi connectivity index (χ0) is 28.0. The average Bonchev–Trinajstić information content (AvgIpc) is 2.85. The van der Waals surface area contributed by atoms with E-state index in [0.717, 1.165) is 0 Å². The highest BCUT2D eigenvalue weighted by Gasteiger charge is 2.42. The first-order valence-electron chi connectivity index (χ1n) is 13.7. The van der Waals surface area contributed by atoms with Gasteiger partial charge in [-0.15, -0.1) is 0 Å². The van der Waals surface area contributed by atoms with Crippen molar-refractivity contribution < 1.29 is 26.6 Å². The molecule has 0 aliphatic carbocycles. The Bertz CT molecular complexity index is 867. The van der Waals surface area contributed by atoms with Crippen molar-refractivity contribution >= 4 is 39.2 Å². The smallest absolute Gasteiger partial charge is 0.374 e. The normalized spacial score (nSPS) is 12.3. The zero-order valence-corrected chi connectivity index (χ0v) is 28.0. The summed E-state index contributed by atoms with van der Waals surface area (Å²) >= 11 is 0.